The first-order valence-electron chi connectivity index (χ1n) is 9.25. The minimum absolute atomic E-state index is 0.0236. The summed E-state index contributed by atoms with van der Waals surface area (Å²) >= 11 is 0. The lowest BCUT2D eigenvalue weighted by Gasteiger charge is -2.41. The monoisotopic (exact) mass is 371 g/mol. The fraction of sp³-hybridized carbons (Fsp3) is 0.400. The average molecular weight is 371 g/mol. The minimum atomic E-state index is -0.337. The van der Waals surface area contributed by atoms with Crippen molar-refractivity contribution in [1.29, 1.82) is 5.41 Å². The van der Waals surface area contributed by atoms with Crippen molar-refractivity contribution in [3.8, 4) is 0 Å². The van der Waals surface area contributed by atoms with Gasteiger partial charge in [-0.25, -0.2) is 9.18 Å². The molecule has 144 valence electrons. The Hall–Kier alpha value is -2.67. The van der Waals surface area contributed by atoms with Gasteiger partial charge < -0.3 is 26.7 Å². The lowest BCUT2D eigenvalue weighted by Crippen LogP contribution is -2.54. The number of anilines is 2. The molecule has 2 aliphatic rings. The van der Waals surface area contributed by atoms with Crippen LogP contribution >= 0.6 is 0 Å². The molecule has 27 heavy (non-hydrogen) atoms. The number of nitrogens with two attached hydrogens (primary N) is 1. The normalized spacial score (nSPS) is 22.8. The molecule has 1 aliphatic heterocycles. The third kappa shape index (κ3) is 4.36. The molecule has 1 aromatic rings. The molecule has 1 heterocycles. The number of nitrogens with one attached hydrogen (secondary N) is 3. The van der Waals surface area contributed by atoms with Crippen LogP contribution in [0.5, 0.6) is 0 Å². The summed E-state index contributed by atoms with van der Waals surface area (Å²) < 4.78 is 13.9. The van der Waals surface area contributed by atoms with Crippen molar-refractivity contribution in [2.75, 3.05) is 24.1 Å². The molecule has 2 atom stereocenters. The molecule has 0 aromatic heterocycles. The zero-order chi connectivity index (χ0) is 19.4. The van der Waals surface area contributed by atoms with E-state index in [1.807, 2.05) is 6.92 Å². The fourth-order valence-electron chi connectivity index (χ4n) is 3.66. The average Bonchev–Trinajstić information content (AvgIpc) is 2.66. The van der Waals surface area contributed by atoms with Gasteiger partial charge in [0.25, 0.3) is 0 Å². The van der Waals surface area contributed by atoms with E-state index in [0.29, 0.717) is 16.9 Å². The Bertz CT molecular complexity index is 770. The van der Waals surface area contributed by atoms with Gasteiger partial charge in [0.15, 0.2) is 0 Å². The van der Waals surface area contributed by atoms with Crippen LogP contribution < -0.4 is 16.4 Å². The summed E-state index contributed by atoms with van der Waals surface area (Å²) in [5.41, 5.74) is 7.50. The number of nitrogens with zero attached hydrogens (tertiary/aromatic N) is 1. The largest absolute Gasteiger partial charge is 0.398 e. The second-order valence-electron chi connectivity index (χ2n) is 7.07. The topological polar surface area (TPSA) is 94.2 Å². The molecule has 7 heteroatoms. The van der Waals surface area contributed by atoms with Gasteiger partial charge in [0.05, 0.1) is 6.04 Å². The van der Waals surface area contributed by atoms with E-state index in [1.54, 1.807) is 29.2 Å². The first kappa shape index (κ1) is 19.1. The summed E-state index contributed by atoms with van der Waals surface area (Å²) in [4.78, 5) is 14.9. The highest BCUT2D eigenvalue weighted by Gasteiger charge is 2.34. The Balaban J connectivity index is 1.85. The second kappa shape index (κ2) is 8.35. The number of carbonyl (C=O) groups is 1. The quantitative estimate of drug-likeness (QED) is 0.483. The molecule has 2 amide bonds. The zero-order valence-corrected chi connectivity index (χ0v) is 15.4. The van der Waals surface area contributed by atoms with Crippen LogP contribution in [0, 0.1) is 11.3 Å². The Labute approximate surface area is 158 Å². The van der Waals surface area contributed by atoms with Crippen LogP contribution in [0.25, 0.3) is 0 Å². The molecule has 1 aromatic carbocycles. The van der Waals surface area contributed by atoms with E-state index in [9.17, 15) is 9.18 Å². The number of halogens is 1. The first-order chi connectivity index (χ1) is 13.0. The first-order valence-corrected chi connectivity index (χ1v) is 9.25. The van der Waals surface area contributed by atoms with Crippen LogP contribution in [0.15, 0.2) is 42.3 Å². The summed E-state index contributed by atoms with van der Waals surface area (Å²) in [7, 11) is 0. The van der Waals surface area contributed by atoms with E-state index in [-0.39, 0.29) is 29.9 Å². The molecule has 3 rings (SSSR count). The van der Waals surface area contributed by atoms with E-state index in [1.165, 1.54) is 18.4 Å². The Kier molecular flexibility index (Phi) is 5.91. The van der Waals surface area contributed by atoms with Crippen molar-refractivity contribution in [3.63, 3.8) is 0 Å². The predicted molar refractivity (Wildman–Crippen MR) is 107 cm³/mol. The Morgan fingerprint density at radius 2 is 2.15 bits per heavy atom. The summed E-state index contributed by atoms with van der Waals surface area (Å²) in [6.07, 6.45) is 7.61. The molecular formula is C20H26FN5O. The number of piperidine rings is 1. The lowest BCUT2D eigenvalue weighted by molar-refractivity contribution is 0.138. The van der Waals surface area contributed by atoms with Crippen molar-refractivity contribution in [2.45, 2.75) is 31.8 Å². The number of hydrogen-bond acceptors (Lipinski definition) is 4. The van der Waals surface area contributed by atoms with Gasteiger partial charge in [0.2, 0.25) is 0 Å². The van der Waals surface area contributed by atoms with E-state index >= 15 is 0 Å². The van der Waals surface area contributed by atoms with Crippen molar-refractivity contribution in [1.82, 2.24) is 10.2 Å². The molecular weight excluding hydrogens is 345 g/mol. The molecule has 0 spiro atoms. The van der Waals surface area contributed by atoms with Crippen LogP contribution in [-0.2, 0) is 0 Å². The number of amides is 2. The van der Waals surface area contributed by atoms with Crippen molar-refractivity contribution < 1.29 is 9.18 Å². The third-order valence-electron chi connectivity index (χ3n) is 5.18. The zero-order valence-electron chi connectivity index (χ0n) is 15.4. The van der Waals surface area contributed by atoms with Gasteiger partial charge in [-0.05, 0) is 62.2 Å². The van der Waals surface area contributed by atoms with E-state index in [2.05, 4.69) is 10.6 Å². The fourth-order valence-corrected chi connectivity index (χ4v) is 3.66. The van der Waals surface area contributed by atoms with Crippen LogP contribution in [0.1, 0.15) is 25.3 Å². The Morgan fingerprint density at radius 1 is 1.41 bits per heavy atom. The number of rotatable bonds is 4. The van der Waals surface area contributed by atoms with Crippen LogP contribution in [0.3, 0.4) is 0 Å². The molecule has 1 aliphatic carbocycles. The van der Waals surface area contributed by atoms with Gasteiger partial charge in [-0.1, -0.05) is 13.0 Å². The van der Waals surface area contributed by atoms with E-state index < -0.39 is 0 Å². The van der Waals surface area contributed by atoms with Gasteiger partial charge in [-0.15, -0.1) is 0 Å². The lowest BCUT2D eigenvalue weighted by atomic mass is 9.92. The number of urea groups is 1. The Morgan fingerprint density at radius 3 is 2.81 bits per heavy atom. The maximum absolute atomic E-state index is 13.9. The van der Waals surface area contributed by atoms with Gasteiger partial charge in [-0.2, -0.15) is 0 Å². The van der Waals surface area contributed by atoms with Crippen LogP contribution in [-0.4, -0.2) is 42.3 Å². The van der Waals surface area contributed by atoms with Gasteiger partial charge in [0, 0.05) is 29.2 Å². The van der Waals surface area contributed by atoms with Crippen molar-refractivity contribution in [2.24, 2.45) is 5.92 Å². The molecule has 2 unspecified atom stereocenters. The van der Waals surface area contributed by atoms with Crippen molar-refractivity contribution >= 4 is 23.6 Å². The summed E-state index contributed by atoms with van der Waals surface area (Å²) in [6, 6.07) is 4.48. The summed E-state index contributed by atoms with van der Waals surface area (Å²) in [6.45, 7) is 3.65. The number of hydrogen-bond donors (Lipinski definition) is 4. The summed E-state index contributed by atoms with van der Waals surface area (Å²) in [5, 5.41) is 13.5. The second-order valence-corrected chi connectivity index (χ2v) is 7.07. The SMILES string of the molecule is CC1C=CC(F)=CC1N(C(=O)Nc1ccc(C=N)c(N)c1)C1CCNCC1. The van der Waals surface area contributed by atoms with Gasteiger partial charge in [0.1, 0.15) is 5.83 Å². The molecule has 1 fully saturated rings. The molecule has 0 bridgehead atoms. The highest BCUT2D eigenvalue weighted by Crippen LogP contribution is 2.28. The maximum Gasteiger partial charge on any atom is 0.322 e. The molecule has 5 N–H and O–H groups in total. The third-order valence-corrected chi connectivity index (χ3v) is 5.18. The van der Waals surface area contributed by atoms with Gasteiger partial charge in [-0.3, -0.25) is 0 Å². The highest BCUT2D eigenvalue weighted by molar-refractivity contribution is 5.93. The van der Waals surface area contributed by atoms with Crippen molar-refractivity contribution in [3.05, 3.63) is 47.8 Å². The van der Waals surface area contributed by atoms with Crippen LogP contribution in [0.4, 0.5) is 20.6 Å². The molecule has 0 saturated carbocycles. The smallest absolute Gasteiger partial charge is 0.322 e. The maximum atomic E-state index is 13.9. The minimum Gasteiger partial charge on any atom is -0.398 e. The van der Waals surface area contributed by atoms with Gasteiger partial charge >= 0.3 is 6.03 Å². The standard InChI is InChI=1S/C20H26FN5O/c1-13-2-4-15(21)10-19(13)26(17-6-8-24-9-7-17)20(27)25-16-5-3-14(12-22)18(23)11-16/h2-5,10-13,17,19,22,24H,6-9,23H2,1H3,(H,25,27). The number of nitrogen functional groups attached to an aromatic ring is 1. The highest BCUT2D eigenvalue weighted by atomic mass is 19.1. The molecule has 1 saturated heterocycles. The molecule has 6 nitrogen and oxygen atoms in total. The summed E-state index contributed by atoms with van der Waals surface area (Å²) in [5.74, 6) is -0.292. The number of allylic oxidation sites excluding steroid dienone is 2. The van der Waals surface area contributed by atoms with E-state index in [4.69, 9.17) is 11.1 Å². The number of carbonyl (C=O) groups excluding carboxylic acids is 1. The van der Waals surface area contributed by atoms with Crippen LogP contribution in [0.2, 0.25) is 0 Å². The predicted octanol–water partition coefficient (Wildman–Crippen LogP) is 3.28. The molecule has 0 radical (unpaired) electrons. The number of benzene rings is 1. The van der Waals surface area contributed by atoms with E-state index in [0.717, 1.165) is 25.9 Å².